The van der Waals surface area contributed by atoms with Crippen LogP contribution in [0.1, 0.15) is 15.9 Å². The normalized spacial score (nSPS) is 10.0. The van der Waals surface area contributed by atoms with Crippen molar-refractivity contribution < 1.29 is 28.6 Å². The fourth-order valence-electron chi connectivity index (χ4n) is 2.47. The van der Waals surface area contributed by atoms with Crippen LogP contribution in [0.15, 0.2) is 48.5 Å². The summed E-state index contributed by atoms with van der Waals surface area (Å²) in [7, 11) is 3.12. The van der Waals surface area contributed by atoms with E-state index in [-0.39, 0.29) is 12.5 Å². The fraction of sp³-hybridized carbons (Fsp3) is 0.286. The Kier molecular flexibility index (Phi) is 8.50. The number of rotatable bonds is 10. The zero-order chi connectivity index (χ0) is 21.1. The van der Waals surface area contributed by atoms with E-state index in [1.54, 1.807) is 50.6 Å². The summed E-state index contributed by atoms with van der Waals surface area (Å²) >= 11 is 0. The highest BCUT2D eigenvalue weighted by Gasteiger charge is 2.11. The third kappa shape index (κ3) is 7.17. The van der Waals surface area contributed by atoms with Crippen molar-refractivity contribution >= 4 is 17.8 Å². The number of nitrogens with one attached hydrogen (secondary N) is 2. The lowest BCUT2D eigenvalue weighted by Crippen LogP contribution is -2.34. The van der Waals surface area contributed by atoms with Crippen LogP contribution in [-0.4, -0.2) is 51.7 Å². The van der Waals surface area contributed by atoms with Crippen LogP contribution in [0.3, 0.4) is 0 Å². The number of carbonyl (C=O) groups is 3. The molecule has 0 radical (unpaired) electrons. The van der Waals surface area contributed by atoms with Crippen LogP contribution in [0.4, 0.5) is 0 Å². The van der Waals surface area contributed by atoms with E-state index >= 15 is 0 Å². The summed E-state index contributed by atoms with van der Waals surface area (Å²) in [5.41, 5.74) is 1.40. The van der Waals surface area contributed by atoms with E-state index in [0.29, 0.717) is 30.0 Å². The van der Waals surface area contributed by atoms with Crippen molar-refractivity contribution in [1.82, 2.24) is 10.6 Å². The second-order valence-corrected chi connectivity index (χ2v) is 6.00. The van der Waals surface area contributed by atoms with Gasteiger partial charge in [0.05, 0.1) is 14.2 Å². The minimum Gasteiger partial charge on any atom is -0.493 e. The Labute approximate surface area is 169 Å². The average Bonchev–Trinajstić information content (AvgIpc) is 2.76. The van der Waals surface area contributed by atoms with Gasteiger partial charge in [-0.25, -0.2) is 0 Å². The average molecular weight is 400 g/mol. The zero-order valence-corrected chi connectivity index (χ0v) is 16.4. The molecule has 0 aliphatic carbocycles. The van der Waals surface area contributed by atoms with E-state index in [9.17, 15) is 14.4 Å². The summed E-state index contributed by atoms with van der Waals surface area (Å²) in [6, 6.07) is 14.0. The van der Waals surface area contributed by atoms with E-state index < -0.39 is 18.5 Å². The Bertz CT molecular complexity index is 838. The maximum Gasteiger partial charge on any atom is 0.325 e. The SMILES string of the molecule is COc1ccc(CCNC(=O)COC(=O)CNC(=O)c2ccccc2)cc1OC. The van der Waals surface area contributed by atoms with Gasteiger partial charge >= 0.3 is 5.97 Å². The summed E-state index contributed by atoms with van der Waals surface area (Å²) in [5, 5.41) is 5.11. The molecule has 2 N–H and O–H groups in total. The number of hydrogen-bond acceptors (Lipinski definition) is 6. The summed E-state index contributed by atoms with van der Waals surface area (Å²) in [5.74, 6) is -0.256. The van der Waals surface area contributed by atoms with Gasteiger partial charge in [0.25, 0.3) is 11.8 Å². The first-order valence-corrected chi connectivity index (χ1v) is 9.00. The van der Waals surface area contributed by atoms with Gasteiger partial charge in [0, 0.05) is 12.1 Å². The second-order valence-electron chi connectivity index (χ2n) is 6.00. The largest absolute Gasteiger partial charge is 0.493 e. The molecule has 2 amide bonds. The minimum absolute atomic E-state index is 0.313. The Morgan fingerprint density at radius 3 is 2.31 bits per heavy atom. The quantitative estimate of drug-likeness (QED) is 0.584. The number of esters is 1. The van der Waals surface area contributed by atoms with Gasteiger partial charge in [-0.1, -0.05) is 24.3 Å². The molecule has 0 atom stereocenters. The first-order valence-electron chi connectivity index (χ1n) is 9.00. The molecule has 0 aliphatic heterocycles. The topological polar surface area (TPSA) is 103 Å². The van der Waals surface area contributed by atoms with Crippen molar-refractivity contribution in [2.45, 2.75) is 6.42 Å². The van der Waals surface area contributed by atoms with Gasteiger partial charge in [0.15, 0.2) is 18.1 Å². The molecular formula is C21H24N2O6. The van der Waals surface area contributed by atoms with Crippen molar-refractivity contribution in [3.8, 4) is 11.5 Å². The molecular weight excluding hydrogens is 376 g/mol. The predicted octanol–water partition coefficient (Wildman–Crippen LogP) is 1.34. The molecule has 8 nitrogen and oxygen atoms in total. The third-order valence-electron chi connectivity index (χ3n) is 3.98. The molecule has 0 unspecified atom stereocenters. The van der Waals surface area contributed by atoms with Crippen LogP contribution < -0.4 is 20.1 Å². The smallest absolute Gasteiger partial charge is 0.325 e. The van der Waals surface area contributed by atoms with Gasteiger partial charge in [0.2, 0.25) is 0 Å². The highest BCUT2D eigenvalue weighted by molar-refractivity contribution is 5.96. The summed E-state index contributed by atoms with van der Waals surface area (Å²) in [6.07, 6.45) is 0.577. The van der Waals surface area contributed by atoms with Gasteiger partial charge < -0.3 is 24.8 Å². The highest BCUT2D eigenvalue weighted by atomic mass is 16.5. The Morgan fingerprint density at radius 2 is 1.62 bits per heavy atom. The van der Waals surface area contributed by atoms with E-state index in [4.69, 9.17) is 14.2 Å². The van der Waals surface area contributed by atoms with E-state index in [0.717, 1.165) is 5.56 Å². The van der Waals surface area contributed by atoms with Crippen LogP contribution in [0.5, 0.6) is 11.5 Å². The molecule has 2 aromatic rings. The van der Waals surface area contributed by atoms with Gasteiger partial charge in [-0.05, 0) is 36.2 Å². The predicted molar refractivity (Wildman–Crippen MR) is 106 cm³/mol. The first kappa shape index (κ1) is 21.7. The minimum atomic E-state index is -0.690. The van der Waals surface area contributed by atoms with Gasteiger partial charge in [-0.3, -0.25) is 14.4 Å². The lowest BCUT2D eigenvalue weighted by Gasteiger charge is -2.10. The molecule has 0 heterocycles. The third-order valence-corrected chi connectivity index (χ3v) is 3.98. The van der Waals surface area contributed by atoms with E-state index in [1.807, 2.05) is 12.1 Å². The molecule has 0 aliphatic rings. The molecule has 0 aromatic heterocycles. The number of amides is 2. The van der Waals surface area contributed by atoms with Crippen molar-refractivity contribution in [3.05, 3.63) is 59.7 Å². The number of hydrogen-bond donors (Lipinski definition) is 2. The molecule has 29 heavy (non-hydrogen) atoms. The molecule has 0 bridgehead atoms. The van der Waals surface area contributed by atoms with Crippen LogP contribution in [0, 0.1) is 0 Å². The molecule has 8 heteroatoms. The summed E-state index contributed by atoms with van der Waals surface area (Å²) in [4.78, 5) is 35.3. The lowest BCUT2D eigenvalue weighted by molar-refractivity contribution is -0.147. The summed E-state index contributed by atoms with van der Waals surface area (Å²) < 4.78 is 15.3. The maximum absolute atomic E-state index is 11.8. The van der Waals surface area contributed by atoms with Crippen molar-refractivity contribution in [1.29, 1.82) is 0 Å². The first-order chi connectivity index (χ1) is 14.0. The number of methoxy groups -OCH3 is 2. The van der Waals surface area contributed by atoms with Crippen LogP contribution in [0.2, 0.25) is 0 Å². The van der Waals surface area contributed by atoms with Crippen LogP contribution in [0.25, 0.3) is 0 Å². The number of benzene rings is 2. The Morgan fingerprint density at radius 1 is 0.897 bits per heavy atom. The molecule has 0 fully saturated rings. The van der Waals surface area contributed by atoms with E-state index in [2.05, 4.69) is 10.6 Å². The molecule has 2 aromatic carbocycles. The fourth-order valence-corrected chi connectivity index (χ4v) is 2.47. The number of ether oxygens (including phenoxy) is 3. The molecule has 154 valence electrons. The molecule has 0 spiro atoms. The van der Waals surface area contributed by atoms with Crippen LogP contribution >= 0.6 is 0 Å². The monoisotopic (exact) mass is 400 g/mol. The van der Waals surface area contributed by atoms with Crippen LogP contribution in [-0.2, 0) is 20.7 Å². The van der Waals surface area contributed by atoms with Gasteiger partial charge in [-0.2, -0.15) is 0 Å². The molecule has 2 rings (SSSR count). The zero-order valence-electron chi connectivity index (χ0n) is 16.4. The van der Waals surface area contributed by atoms with Crippen molar-refractivity contribution in [3.63, 3.8) is 0 Å². The number of carbonyl (C=O) groups excluding carboxylic acids is 3. The Hall–Kier alpha value is -3.55. The lowest BCUT2D eigenvalue weighted by atomic mass is 10.1. The standard InChI is InChI=1S/C21H24N2O6/c1-27-17-9-8-15(12-18(17)28-2)10-11-22-19(24)14-29-20(25)13-23-21(26)16-6-4-3-5-7-16/h3-9,12H,10-11,13-14H2,1-2H3,(H,22,24)(H,23,26). The van der Waals surface area contributed by atoms with Crippen molar-refractivity contribution in [2.75, 3.05) is 33.9 Å². The van der Waals surface area contributed by atoms with Gasteiger partial charge in [0.1, 0.15) is 6.54 Å². The van der Waals surface area contributed by atoms with Gasteiger partial charge in [-0.15, -0.1) is 0 Å². The molecule has 0 saturated carbocycles. The molecule has 0 saturated heterocycles. The highest BCUT2D eigenvalue weighted by Crippen LogP contribution is 2.27. The van der Waals surface area contributed by atoms with Crippen molar-refractivity contribution in [2.24, 2.45) is 0 Å². The van der Waals surface area contributed by atoms with E-state index in [1.165, 1.54) is 0 Å². The second kappa shape index (κ2) is 11.3. The summed E-state index contributed by atoms with van der Waals surface area (Å²) in [6.45, 7) is -0.352. The Balaban J connectivity index is 1.65. The maximum atomic E-state index is 11.8.